The molecule has 0 saturated carbocycles. The molecule has 0 spiro atoms. The molecular weight excluding hydrogens is 388 g/mol. The lowest BCUT2D eigenvalue weighted by Crippen LogP contribution is -2.28. The largest absolute Gasteiger partial charge is 0.459 e. The molecule has 146 valence electrons. The first-order valence-electron chi connectivity index (χ1n) is 9.37. The average molecular weight is 406 g/mol. The van der Waals surface area contributed by atoms with Crippen molar-refractivity contribution < 1.29 is 9.34 Å². The van der Waals surface area contributed by atoms with Gasteiger partial charge in [0.2, 0.25) is 0 Å². The molecule has 0 radical (unpaired) electrons. The Morgan fingerprint density at radius 2 is 2.00 bits per heavy atom. The van der Waals surface area contributed by atoms with Crippen LogP contribution in [0.25, 0.3) is 11.3 Å². The molecule has 4 heterocycles. The average Bonchev–Trinajstić information content (AvgIpc) is 3.42. The fraction of sp³-hybridized carbons (Fsp3) is 0.238. The molecule has 0 bridgehead atoms. The number of nitrogens with zero attached hydrogens (tertiary/aromatic N) is 4. The number of furan rings is 1. The van der Waals surface area contributed by atoms with Gasteiger partial charge < -0.3 is 9.32 Å². The van der Waals surface area contributed by atoms with Crippen molar-refractivity contribution in [3.05, 3.63) is 82.4 Å². The zero-order chi connectivity index (χ0) is 20.0. The van der Waals surface area contributed by atoms with Gasteiger partial charge in [0.1, 0.15) is 23.6 Å². The molecule has 2 aromatic heterocycles. The van der Waals surface area contributed by atoms with Crippen LogP contribution in [0.3, 0.4) is 0 Å². The molecule has 1 fully saturated rings. The highest BCUT2D eigenvalue weighted by molar-refractivity contribution is 8.14. The monoisotopic (exact) mass is 406 g/mol. The van der Waals surface area contributed by atoms with Crippen LogP contribution in [0.2, 0.25) is 0 Å². The van der Waals surface area contributed by atoms with Gasteiger partial charge in [-0.25, -0.2) is 4.99 Å². The Hall–Kier alpha value is -3.13. The van der Waals surface area contributed by atoms with E-state index in [0.29, 0.717) is 16.6 Å². The summed E-state index contributed by atoms with van der Waals surface area (Å²) in [5, 5.41) is 12.9. The maximum absolute atomic E-state index is 11.4. The van der Waals surface area contributed by atoms with E-state index in [4.69, 9.17) is 9.41 Å². The van der Waals surface area contributed by atoms with Gasteiger partial charge in [-0.15, -0.1) is 0 Å². The highest BCUT2D eigenvalue weighted by Gasteiger charge is 2.45. The number of fused-ring (bicyclic) bond motifs is 1. The third kappa shape index (κ3) is 3.09. The topological polar surface area (TPSA) is 84.8 Å². The van der Waals surface area contributed by atoms with Crippen LogP contribution in [0.5, 0.6) is 0 Å². The van der Waals surface area contributed by atoms with E-state index in [1.54, 1.807) is 42.2 Å². The van der Waals surface area contributed by atoms with Gasteiger partial charge in [0.15, 0.2) is 5.17 Å². The van der Waals surface area contributed by atoms with Crippen molar-refractivity contribution in [2.24, 2.45) is 4.99 Å². The van der Waals surface area contributed by atoms with Gasteiger partial charge >= 0.3 is 0 Å². The van der Waals surface area contributed by atoms with Crippen molar-refractivity contribution in [3.8, 4) is 11.3 Å². The Morgan fingerprint density at radius 1 is 1.17 bits per heavy atom. The quantitative estimate of drug-likeness (QED) is 0.455. The van der Waals surface area contributed by atoms with E-state index < -0.39 is 0 Å². The fourth-order valence-electron chi connectivity index (χ4n) is 3.92. The van der Waals surface area contributed by atoms with Crippen LogP contribution >= 0.6 is 11.8 Å². The molecule has 0 amide bonds. The molecule has 3 aromatic rings. The van der Waals surface area contributed by atoms with Gasteiger partial charge in [0, 0.05) is 24.1 Å². The second kappa shape index (κ2) is 7.04. The van der Waals surface area contributed by atoms with Crippen molar-refractivity contribution >= 4 is 22.6 Å². The Morgan fingerprint density at radius 3 is 2.79 bits per heavy atom. The normalized spacial score (nSPS) is 23.1. The number of hydrogen-bond donors (Lipinski definition) is 0. The van der Waals surface area contributed by atoms with Gasteiger partial charge in [-0.3, -0.25) is 15.1 Å². The number of nitro benzene ring substituents is 1. The lowest BCUT2D eigenvalue weighted by Gasteiger charge is -2.25. The highest BCUT2D eigenvalue weighted by Crippen LogP contribution is 2.48. The molecule has 1 saturated heterocycles. The first-order valence-corrected chi connectivity index (χ1v) is 10.3. The number of rotatable bonds is 4. The lowest BCUT2D eigenvalue weighted by molar-refractivity contribution is -0.384. The van der Waals surface area contributed by atoms with E-state index >= 15 is 0 Å². The molecule has 2 aliphatic rings. The summed E-state index contributed by atoms with van der Waals surface area (Å²) in [6, 6.07) is 15.9. The van der Waals surface area contributed by atoms with Crippen molar-refractivity contribution in [1.29, 1.82) is 0 Å². The number of hydrogen-bond acceptors (Lipinski definition) is 7. The van der Waals surface area contributed by atoms with Crippen LogP contribution in [0.4, 0.5) is 5.69 Å². The van der Waals surface area contributed by atoms with Gasteiger partial charge in [-0.05, 0) is 30.3 Å². The molecule has 5 rings (SSSR count). The molecule has 0 N–H and O–H groups in total. The maximum Gasteiger partial charge on any atom is 0.280 e. The summed E-state index contributed by atoms with van der Waals surface area (Å²) in [4.78, 5) is 22.7. The zero-order valence-electron chi connectivity index (χ0n) is 15.6. The predicted octanol–water partition coefficient (Wildman–Crippen LogP) is 4.84. The number of benzene rings is 1. The Labute approximate surface area is 171 Å². The summed E-state index contributed by atoms with van der Waals surface area (Å²) >= 11 is 1.76. The van der Waals surface area contributed by atoms with Crippen LogP contribution < -0.4 is 0 Å². The molecule has 7 nitrogen and oxygen atoms in total. The Kier molecular flexibility index (Phi) is 4.35. The second-order valence-electron chi connectivity index (χ2n) is 7.11. The van der Waals surface area contributed by atoms with E-state index in [-0.39, 0.29) is 22.7 Å². The second-order valence-corrected chi connectivity index (χ2v) is 8.52. The third-order valence-electron chi connectivity index (χ3n) is 5.17. The molecule has 0 unspecified atom stereocenters. The number of aliphatic imine (C=N–C) groups is 1. The van der Waals surface area contributed by atoms with Gasteiger partial charge in [-0.2, -0.15) is 0 Å². The lowest BCUT2D eigenvalue weighted by atomic mass is 10.0. The van der Waals surface area contributed by atoms with Crippen LogP contribution in [-0.2, 0) is 0 Å². The Bertz CT molecular complexity index is 1100. The van der Waals surface area contributed by atoms with Gasteiger partial charge in [-0.1, -0.05) is 36.9 Å². The minimum atomic E-state index is -0.385. The molecule has 1 aromatic carbocycles. The van der Waals surface area contributed by atoms with E-state index in [9.17, 15) is 10.1 Å². The van der Waals surface area contributed by atoms with E-state index in [1.165, 1.54) is 6.07 Å². The first-order chi connectivity index (χ1) is 14.1. The standard InChI is InChI=1S/C21H18N4O3S/c1-13-12-24-20(19(23-21(24)29-13)15-7-4-5-11-22-15)18-10-9-17(28-18)14-6-2-3-8-16(14)25(26)27/h2-11,13,19-20H,12H2,1H3/t13-,19-,20-/m1/s1. The van der Waals surface area contributed by atoms with Crippen LogP contribution in [-0.4, -0.2) is 31.8 Å². The van der Waals surface area contributed by atoms with Crippen LogP contribution in [0, 0.1) is 10.1 Å². The molecule has 8 heteroatoms. The molecule has 0 aliphatic carbocycles. The van der Waals surface area contributed by atoms with E-state index in [2.05, 4.69) is 16.8 Å². The van der Waals surface area contributed by atoms with Crippen molar-refractivity contribution in [3.63, 3.8) is 0 Å². The number of para-hydroxylation sites is 1. The highest BCUT2D eigenvalue weighted by atomic mass is 32.2. The third-order valence-corrected chi connectivity index (χ3v) is 6.27. The van der Waals surface area contributed by atoms with E-state index in [0.717, 1.165) is 23.2 Å². The first kappa shape index (κ1) is 17.9. The number of nitro groups is 1. The summed E-state index contributed by atoms with van der Waals surface area (Å²) in [5.41, 5.74) is 1.39. The Balaban J connectivity index is 1.55. The van der Waals surface area contributed by atoms with Crippen LogP contribution in [0.1, 0.15) is 30.5 Å². The van der Waals surface area contributed by atoms with Crippen LogP contribution in [0.15, 0.2) is 70.2 Å². The summed E-state index contributed by atoms with van der Waals surface area (Å²) in [6.45, 7) is 3.05. The van der Waals surface area contributed by atoms with E-state index in [1.807, 2.05) is 24.3 Å². The summed E-state index contributed by atoms with van der Waals surface area (Å²) < 4.78 is 6.18. The van der Waals surface area contributed by atoms with Gasteiger partial charge in [0.25, 0.3) is 5.69 Å². The smallest absolute Gasteiger partial charge is 0.280 e. The predicted molar refractivity (Wildman–Crippen MR) is 112 cm³/mol. The maximum atomic E-state index is 11.4. The number of pyridine rings is 1. The van der Waals surface area contributed by atoms with Crippen molar-refractivity contribution in [2.75, 3.05) is 6.54 Å². The molecule has 2 aliphatic heterocycles. The summed E-state index contributed by atoms with van der Waals surface area (Å²) in [7, 11) is 0. The number of aromatic nitrogens is 1. The minimum Gasteiger partial charge on any atom is -0.459 e. The minimum absolute atomic E-state index is 0.0309. The van der Waals surface area contributed by atoms with Crippen molar-refractivity contribution in [2.45, 2.75) is 24.3 Å². The summed E-state index contributed by atoms with van der Waals surface area (Å²) in [6.07, 6.45) is 1.77. The molecule has 29 heavy (non-hydrogen) atoms. The fourth-order valence-corrected chi connectivity index (χ4v) is 5.02. The zero-order valence-corrected chi connectivity index (χ0v) is 16.5. The molecule has 3 atom stereocenters. The number of amidine groups is 1. The molecular formula is C21H18N4O3S. The van der Waals surface area contributed by atoms with Crippen molar-refractivity contribution in [1.82, 2.24) is 9.88 Å². The summed E-state index contributed by atoms with van der Waals surface area (Å²) in [5.74, 6) is 1.22. The number of thioether (sulfide) groups is 1. The SMILES string of the molecule is C[C@@H]1CN2C(=N[C@H](c3ccccn3)[C@H]2c2ccc(-c3ccccc3[N+](=O)[O-])o2)S1. The van der Waals surface area contributed by atoms with Gasteiger partial charge in [0.05, 0.1) is 16.2 Å².